The predicted molar refractivity (Wildman–Crippen MR) is 60.6 cm³/mol. The number of hydrogen-bond donors (Lipinski definition) is 1. The number of likely N-dealkylation sites (tertiary alicyclic amines) is 1. The Kier molecular flexibility index (Phi) is 3.29. The number of carbonyl (C=O) groups is 1. The van der Waals surface area contributed by atoms with Crippen LogP contribution in [0.25, 0.3) is 0 Å². The van der Waals surface area contributed by atoms with Crippen LogP contribution in [-0.2, 0) is 4.79 Å². The van der Waals surface area contributed by atoms with Crippen LogP contribution in [0.5, 0.6) is 0 Å². The molecule has 0 aromatic heterocycles. The zero-order valence-corrected chi connectivity index (χ0v) is 9.83. The molecule has 1 aliphatic heterocycles. The van der Waals surface area contributed by atoms with Crippen LogP contribution < -0.4 is 5.32 Å². The minimum Gasteiger partial charge on any atom is -0.353 e. The summed E-state index contributed by atoms with van der Waals surface area (Å²) >= 11 is 0. The Balaban J connectivity index is 1.70. The molecule has 3 heteroatoms. The van der Waals surface area contributed by atoms with Gasteiger partial charge in [0.15, 0.2) is 0 Å². The number of rotatable bonds is 3. The van der Waals surface area contributed by atoms with E-state index in [2.05, 4.69) is 24.1 Å². The van der Waals surface area contributed by atoms with E-state index in [0.29, 0.717) is 23.9 Å². The summed E-state index contributed by atoms with van der Waals surface area (Å²) < 4.78 is 0. The van der Waals surface area contributed by atoms with E-state index in [-0.39, 0.29) is 0 Å². The van der Waals surface area contributed by atoms with Gasteiger partial charge >= 0.3 is 0 Å². The van der Waals surface area contributed by atoms with E-state index in [0.717, 1.165) is 38.8 Å². The molecule has 0 atom stereocenters. The van der Waals surface area contributed by atoms with Crippen LogP contribution in [0.15, 0.2) is 0 Å². The van der Waals surface area contributed by atoms with Crippen molar-refractivity contribution in [2.75, 3.05) is 13.1 Å². The molecule has 1 heterocycles. The van der Waals surface area contributed by atoms with Crippen LogP contribution in [0.2, 0.25) is 0 Å². The maximum absolute atomic E-state index is 11.6. The highest BCUT2D eigenvalue weighted by atomic mass is 16.2. The Hall–Kier alpha value is -0.570. The van der Waals surface area contributed by atoms with Crippen LogP contribution in [0, 0.1) is 5.92 Å². The standard InChI is InChI=1S/C12H22N2O/c1-9(2)14-7-5-11(6-8-14)13-12(15)10-3-4-10/h9-11H,3-8H2,1-2H3,(H,13,15). The zero-order valence-electron chi connectivity index (χ0n) is 9.83. The first-order chi connectivity index (χ1) is 7.16. The van der Waals surface area contributed by atoms with Crippen LogP contribution in [-0.4, -0.2) is 36.0 Å². The highest BCUT2D eigenvalue weighted by Crippen LogP contribution is 2.29. The minimum atomic E-state index is 0.304. The molecule has 86 valence electrons. The second-order valence-corrected chi connectivity index (χ2v) is 5.19. The predicted octanol–water partition coefficient (Wildman–Crippen LogP) is 1.39. The van der Waals surface area contributed by atoms with Gasteiger partial charge in [0.2, 0.25) is 5.91 Å². The Labute approximate surface area is 92.2 Å². The van der Waals surface area contributed by atoms with Gasteiger partial charge in [-0.25, -0.2) is 0 Å². The van der Waals surface area contributed by atoms with Crippen molar-refractivity contribution >= 4 is 5.91 Å². The van der Waals surface area contributed by atoms with Gasteiger partial charge in [0, 0.05) is 31.1 Å². The largest absolute Gasteiger partial charge is 0.353 e. The molecule has 0 aromatic rings. The Morgan fingerprint density at radius 3 is 2.27 bits per heavy atom. The molecular formula is C12H22N2O. The summed E-state index contributed by atoms with van der Waals surface area (Å²) in [5.41, 5.74) is 0. The fourth-order valence-corrected chi connectivity index (χ4v) is 2.22. The van der Waals surface area contributed by atoms with Gasteiger partial charge in [-0.3, -0.25) is 4.79 Å². The maximum Gasteiger partial charge on any atom is 0.223 e. The van der Waals surface area contributed by atoms with E-state index in [1.54, 1.807) is 0 Å². The average molecular weight is 210 g/mol. The molecular weight excluding hydrogens is 188 g/mol. The summed E-state index contributed by atoms with van der Waals surface area (Å²) in [4.78, 5) is 14.1. The molecule has 1 saturated carbocycles. The van der Waals surface area contributed by atoms with Crippen LogP contribution in [0.4, 0.5) is 0 Å². The van der Waals surface area contributed by atoms with Gasteiger partial charge in [0.25, 0.3) is 0 Å². The first-order valence-electron chi connectivity index (χ1n) is 6.21. The van der Waals surface area contributed by atoms with Crippen molar-refractivity contribution < 1.29 is 4.79 Å². The second-order valence-electron chi connectivity index (χ2n) is 5.19. The van der Waals surface area contributed by atoms with Crippen molar-refractivity contribution in [3.8, 4) is 0 Å². The first kappa shape index (κ1) is 10.9. The van der Waals surface area contributed by atoms with Crippen LogP contribution in [0.3, 0.4) is 0 Å². The topological polar surface area (TPSA) is 32.3 Å². The van der Waals surface area contributed by atoms with Gasteiger partial charge in [0.05, 0.1) is 0 Å². The van der Waals surface area contributed by atoms with Crippen molar-refractivity contribution in [2.24, 2.45) is 5.92 Å². The molecule has 15 heavy (non-hydrogen) atoms. The molecule has 3 nitrogen and oxygen atoms in total. The third-order valence-electron chi connectivity index (χ3n) is 3.55. The summed E-state index contributed by atoms with van der Waals surface area (Å²) in [5.74, 6) is 0.658. The molecule has 0 spiro atoms. The summed E-state index contributed by atoms with van der Waals surface area (Å²) in [6.45, 7) is 6.74. The number of carbonyl (C=O) groups excluding carboxylic acids is 1. The molecule has 2 aliphatic rings. The number of amides is 1. The van der Waals surface area contributed by atoms with E-state index in [1.165, 1.54) is 0 Å². The molecule has 2 rings (SSSR count). The molecule has 1 saturated heterocycles. The first-order valence-corrected chi connectivity index (χ1v) is 6.21. The lowest BCUT2D eigenvalue weighted by atomic mass is 10.0. The smallest absolute Gasteiger partial charge is 0.223 e. The quantitative estimate of drug-likeness (QED) is 0.763. The van der Waals surface area contributed by atoms with Gasteiger partial charge in [-0.2, -0.15) is 0 Å². The zero-order chi connectivity index (χ0) is 10.8. The van der Waals surface area contributed by atoms with Gasteiger partial charge in [-0.05, 0) is 39.5 Å². The normalized spacial score (nSPS) is 24.5. The Morgan fingerprint density at radius 2 is 1.80 bits per heavy atom. The van der Waals surface area contributed by atoms with Gasteiger partial charge in [-0.1, -0.05) is 0 Å². The Morgan fingerprint density at radius 1 is 1.20 bits per heavy atom. The second kappa shape index (κ2) is 4.52. The summed E-state index contributed by atoms with van der Waals surface area (Å²) in [6, 6.07) is 1.08. The Bertz CT molecular complexity index is 228. The van der Waals surface area contributed by atoms with Gasteiger partial charge < -0.3 is 10.2 Å². The molecule has 1 N–H and O–H groups in total. The summed E-state index contributed by atoms with van der Waals surface area (Å²) in [7, 11) is 0. The van der Waals surface area contributed by atoms with Gasteiger partial charge in [-0.15, -0.1) is 0 Å². The molecule has 0 bridgehead atoms. The molecule has 0 radical (unpaired) electrons. The number of nitrogens with one attached hydrogen (secondary N) is 1. The lowest BCUT2D eigenvalue weighted by Gasteiger charge is -2.34. The van der Waals surface area contributed by atoms with E-state index < -0.39 is 0 Å². The third kappa shape index (κ3) is 2.94. The van der Waals surface area contributed by atoms with E-state index in [1.807, 2.05) is 0 Å². The number of nitrogens with zero attached hydrogens (tertiary/aromatic N) is 1. The molecule has 0 unspecified atom stereocenters. The number of hydrogen-bond acceptors (Lipinski definition) is 2. The fraction of sp³-hybridized carbons (Fsp3) is 0.917. The minimum absolute atomic E-state index is 0.304. The fourth-order valence-electron chi connectivity index (χ4n) is 2.22. The van der Waals surface area contributed by atoms with Crippen molar-refractivity contribution in [1.29, 1.82) is 0 Å². The van der Waals surface area contributed by atoms with E-state index >= 15 is 0 Å². The van der Waals surface area contributed by atoms with Crippen molar-refractivity contribution in [3.05, 3.63) is 0 Å². The van der Waals surface area contributed by atoms with Crippen LogP contribution in [0.1, 0.15) is 39.5 Å². The van der Waals surface area contributed by atoms with Crippen molar-refractivity contribution in [2.45, 2.75) is 51.6 Å². The lowest BCUT2D eigenvalue weighted by Crippen LogP contribution is -2.46. The molecule has 1 aliphatic carbocycles. The average Bonchev–Trinajstić information content (AvgIpc) is 3.01. The number of piperidine rings is 1. The highest BCUT2D eigenvalue weighted by Gasteiger charge is 2.31. The molecule has 2 fully saturated rings. The SMILES string of the molecule is CC(C)N1CCC(NC(=O)C2CC2)CC1. The molecule has 1 amide bonds. The van der Waals surface area contributed by atoms with Crippen LogP contribution >= 0.6 is 0 Å². The van der Waals surface area contributed by atoms with E-state index in [4.69, 9.17) is 0 Å². The van der Waals surface area contributed by atoms with E-state index in [9.17, 15) is 4.79 Å². The lowest BCUT2D eigenvalue weighted by molar-refractivity contribution is -0.123. The highest BCUT2D eigenvalue weighted by molar-refractivity contribution is 5.81. The maximum atomic E-state index is 11.6. The van der Waals surface area contributed by atoms with Gasteiger partial charge in [0.1, 0.15) is 0 Å². The molecule has 0 aromatic carbocycles. The summed E-state index contributed by atoms with van der Waals surface area (Å²) in [6.07, 6.45) is 4.46. The third-order valence-corrected chi connectivity index (χ3v) is 3.55. The van der Waals surface area contributed by atoms with Crippen molar-refractivity contribution in [1.82, 2.24) is 10.2 Å². The summed E-state index contributed by atoms with van der Waals surface area (Å²) in [5, 5.41) is 3.17. The monoisotopic (exact) mass is 210 g/mol. The van der Waals surface area contributed by atoms with Crippen molar-refractivity contribution in [3.63, 3.8) is 0 Å².